The predicted molar refractivity (Wildman–Crippen MR) is 94.3 cm³/mol. The molecular weight excluding hydrogens is 306 g/mol. The van der Waals surface area contributed by atoms with E-state index in [2.05, 4.69) is 35.0 Å². The first-order valence-electron chi connectivity index (χ1n) is 8.29. The second-order valence-corrected chi connectivity index (χ2v) is 7.65. The van der Waals surface area contributed by atoms with Crippen LogP contribution in [0, 0.1) is 0 Å². The number of hydrogen-bond donors (Lipinski definition) is 0. The maximum absolute atomic E-state index is 5.40. The van der Waals surface area contributed by atoms with Gasteiger partial charge in [-0.25, -0.2) is 4.98 Å². The highest BCUT2D eigenvalue weighted by molar-refractivity contribution is 7.12. The summed E-state index contributed by atoms with van der Waals surface area (Å²) in [6.07, 6.45) is 2.23. The Morgan fingerprint density at radius 3 is 2.78 bits per heavy atom. The van der Waals surface area contributed by atoms with Crippen LogP contribution in [0.2, 0.25) is 0 Å². The van der Waals surface area contributed by atoms with Crippen molar-refractivity contribution in [3.8, 4) is 17.0 Å². The van der Waals surface area contributed by atoms with Gasteiger partial charge in [-0.05, 0) is 37.6 Å². The molecule has 1 aliphatic heterocycles. The van der Waals surface area contributed by atoms with Gasteiger partial charge < -0.3 is 9.64 Å². The summed E-state index contributed by atoms with van der Waals surface area (Å²) in [5.41, 5.74) is 3.86. The molecule has 2 aliphatic rings. The van der Waals surface area contributed by atoms with E-state index in [4.69, 9.17) is 9.72 Å². The van der Waals surface area contributed by atoms with Crippen molar-refractivity contribution < 1.29 is 4.74 Å². The summed E-state index contributed by atoms with van der Waals surface area (Å²) >= 11 is 1.90. The number of benzene rings is 1. The lowest BCUT2D eigenvalue weighted by Crippen LogP contribution is -2.43. The quantitative estimate of drug-likeness (QED) is 0.866. The first-order chi connectivity index (χ1) is 11.2. The van der Waals surface area contributed by atoms with Gasteiger partial charge in [0.2, 0.25) is 0 Å². The minimum atomic E-state index is 0.921. The lowest BCUT2D eigenvalue weighted by molar-refractivity contribution is 0.148. The van der Waals surface area contributed by atoms with E-state index in [1.165, 1.54) is 26.7 Å². The van der Waals surface area contributed by atoms with Crippen molar-refractivity contribution in [2.45, 2.75) is 19.4 Å². The maximum atomic E-state index is 5.40. The van der Waals surface area contributed by atoms with Gasteiger partial charge in [-0.15, -0.1) is 11.3 Å². The number of likely N-dealkylation sites (N-methyl/N-ethyl adjacent to an activating group) is 1. The van der Waals surface area contributed by atoms with E-state index in [-0.39, 0.29) is 0 Å². The summed E-state index contributed by atoms with van der Waals surface area (Å²) in [7, 11) is 3.93. The summed E-state index contributed by atoms with van der Waals surface area (Å²) in [4.78, 5) is 11.3. The number of rotatable bonds is 3. The molecule has 1 fully saturated rings. The second kappa shape index (κ2) is 6.23. The van der Waals surface area contributed by atoms with E-state index in [9.17, 15) is 0 Å². The van der Waals surface area contributed by atoms with Gasteiger partial charge >= 0.3 is 0 Å². The van der Waals surface area contributed by atoms with E-state index in [0.717, 1.165) is 51.3 Å². The largest absolute Gasteiger partial charge is 0.497 e. The van der Waals surface area contributed by atoms with Crippen LogP contribution in [-0.4, -0.2) is 55.1 Å². The third kappa shape index (κ3) is 3.01. The number of fused-ring (bicyclic) bond motifs is 3. The highest BCUT2D eigenvalue weighted by Crippen LogP contribution is 2.38. The molecule has 1 aromatic carbocycles. The summed E-state index contributed by atoms with van der Waals surface area (Å²) in [6, 6.07) is 6.39. The summed E-state index contributed by atoms with van der Waals surface area (Å²) in [5.74, 6) is 0.921. The number of piperazine rings is 1. The number of methoxy groups -OCH3 is 1. The molecule has 1 aliphatic carbocycles. The van der Waals surface area contributed by atoms with Crippen molar-refractivity contribution in [2.75, 3.05) is 40.3 Å². The fraction of sp³-hybridized carbons (Fsp3) is 0.500. The van der Waals surface area contributed by atoms with Gasteiger partial charge in [0.05, 0.1) is 19.3 Å². The Hall–Kier alpha value is -1.43. The molecule has 0 atom stereocenters. The molecule has 1 saturated heterocycles. The van der Waals surface area contributed by atoms with Crippen LogP contribution in [-0.2, 0) is 19.4 Å². The molecule has 0 N–H and O–H groups in total. The molecule has 4 rings (SSSR count). The zero-order chi connectivity index (χ0) is 15.8. The smallest absolute Gasteiger partial charge is 0.119 e. The van der Waals surface area contributed by atoms with Crippen LogP contribution in [0.3, 0.4) is 0 Å². The molecular formula is C18H23N3OS. The SMILES string of the molecule is COc1ccc2c(c1)-c1nc(CN3CCN(C)CC3)sc1CC2. The molecule has 0 bridgehead atoms. The van der Waals surface area contributed by atoms with Gasteiger partial charge in [0.1, 0.15) is 10.8 Å². The maximum Gasteiger partial charge on any atom is 0.119 e. The number of nitrogens with zero attached hydrogens (tertiary/aromatic N) is 3. The van der Waals surface area contributed by atoms with Crippen molar-refractivity contribution in [1.82, 2.24) is 14.8 Å². The van der Waals surface area contributed by atoms with Gasteiger partial charge in [0.25, 0.3) is 0 Å². The number of aryl methyl sites for hydroxylation is 2. The highest BCUT2D eigenvalue weighted by Gasteiger charge is 2.23. The average Bonchev–Trinajstić information content (AvgIpc) is 2.99. The lowest BCUT2D eigenvalue weighted by Gasteiger charge is -2.31. The number of hydrogen-bond acceptors (Lipinski definition) is 5. The van der Waals surface area contributed by atoms with Gasteiger partial charge in [-0.2, -0.15) is 0 Å². The monoisotopic (exact) mass is 329 g/mol. The fourth-order valence-corrected chi connectivity index (χ4v) is 4.54. The van der Waals surface area contributed by atoms with Crippen molar-refractivity contribution in [3.05, 3.63) is 33.6 Å². The van der Waals surface area contributed by atoms with Crippen molar-refractivity contribution >= 4 is 11.3 Å². The van der Waals surface area contributed by atoms with Crippen molar-refractivity contribution in [2.24, 2.45) is 0 Å². The molecule has 1 aromatic heterocycles. The molecule has 0 amide bonds. The summed E-state index contributed by atoms with van der Waals surface area (Å²) in [5, 5.41) is 1.26. The molecule has 0 radical (unpaired) electrons. The van der Waals surface area contributed by atoms with Crippen LogP contribution >= 0.6 is 11.3 Å². The Labute approximate surface area is 141 Å². The molecule has 2 heterocycles. The number of aromatic nitrogens is 1. The summed E-state index contributed by atoms with van der Waals surface area (Å²) in [6.45, 7) is 5.59. The molecule has 5 heteroatoms. The molecule has 2 aromatic rings. The minimum absolute atomic E-state index is 0.921. The van der Waals surface area contributed by atoms with E-state index < -0.39 is 0 Å². The van der Waals surface area contributed by atoms with Crippen LogP contribution in [0.25, 0.3) is 11.3 Å². The number of ether oxygens (including phenoxy) is 1. The van der Waals surface area contributed by atoms with Crippen molar-refractivity contribution in [3.63, 3.8) is 0 Å². The summed E-state index contributed by atoms with van der Waals surface area (Å²) < 4.78 is 5.40. The lowest BCUT2D eigenvalue weighted by atomic mass is 9.93. The molecule has 0 saturated carbocycles. The van der Waals surface area contributed by atoms with Gasteiger partial charge in [-0.1, -0.05) is 6.07 Å². The van der Waals surface area contributed by atoms with E-state index >= 15 is 0 Å². The number of thiazole rings is 1. The highest BCUT2D eigenvalue weighted by atomic mass is 32.1. The van der Waals surface area contributed by atoms with Crippen LogP contribution in [0.4, 0.5) is 0 Å². The molecule has 0 spiro atoms. The Morgan fingerprint density at radius 1 is 1.17 bits per heavy atom. The first-order valence-corrected chi connectivity index (χ1v) is 9.11. The third-order valence-corrected chi connectivity index (χ3v) is 5.99. The van der Waals surface area contributed by atoms with Gasteiger partial charge in [0, 0.05) is 36.6 Å². The van der Waals surface area contributed by atoms with E-state index in [0.29, 0.717) is 0 Å². The Morgan fingerprint density at radius 2 is 2.00 bits per heavy atom. The van der Waals surface area contributed by atoms with Gasteiger partial charge in [0.15, 0.2) is 0 Å². The van der Waals surface area contributed by atoms with Crippen LogP contribution in [0.5, 0.6) is 5.75 Å². The van der Waals surface area contributed by atoms with Crippen LogP contribution in [0.15, 0.2) is 18.2 Å². The Kier molecular flexibility index (Phi) is 4.09. The van der Waals surface area contributed by atoms with Crippen molar-refractivity contribution in [1.29, 1.82) is 0 Å². The van der Waals surface area contributed by atoms with E-state index in [1.807, 2.05) is 11.3 Å². The minimum Gasteiger partial charge on any atom is -0.497 e. The molecule has 0 unspecified atom stereocenters. The zero-order valence-electron chi connectivity index (χ0n) is 13.8. The van der Waals surface area contributed by atoms with Crippen LogP contribution in [0.1, 0.15) is 15.4 Å². The molecule has 4 nitrogen and oxygen atoms in total. The zero-order valence-corrected chi connectivity index (χ0v) is 14.7. The van der Waals surface area contributed by atoms with E-state index in [1.54, 1.807) is 7.11 Å². The second-order valence-electron chi connectivity index (χ2n) is 6.48. The standard InChI is InChI=1S/C18H23N3OS/c1-20-7-9-21(10-8-20)12-17-19-18-15-11-14(22-2)5-3-13(15)4-6-16(18)23-17/h3,5,11H,4,6-10,12H2,1-2H3. The predicted octanol–water partition coefficient (Wildman–Crippen LogP) is 2.66. The normalized spacial score (nSPS) is 18.5. The fourth-order valence-electron chi connectivity index (χ4n) is 3.41. The Balaban J connectivity index is 1.58. The average molecular weight is 329 g/mol. The third-order valence-electron chi connectivity index (χ3n) is 4.89. The Bertz CT molecular complexity index is 704. The molecule has 23 heavy (non-hydrogen) atoms. The van der Waals surface area contributed by atoms with Crippen LogP contribution < -0.4 is 4.74 Å². The topological polar surface area (TPSA) is 28.6 Å². The first kappa shape index (κ1) is 15.1. The molecule has 122 valence electrons. The van der Waals surface area contributed by atoms with Gasteiger partial charge in [-0.3, -0.25) is 4.90 Å².